The van der Waals surface area contributed by atoms with Crippen LogP contribution in [-0.2, 0) is 11.2 Å². The Morgan fingerprint density at radius 1 is 1.35 bits per heavy atom. The van der Waals surface area contributed by atoms with Crippen LogP contribution in [0.1, 0.15) is 12.2 Å². The maximum Gasteiger partial charge on any atom is 0.255 e. The molecule has 0 bridgehead atoms. The highest BCUT2D eigenvalue weighted by Gasteiger charge is 2.06. The third kappa shape index (κ3) is 2.97. The Morgan fingerprint density at radius 3 is 2.94 bits per heavy atom. The summed E-state index contributed by atoms with van der Waals surface area (Å²) in [6, 6.07) is 1.80. The van der Waals surface area contributed by atoms with E-state index < -0.39 is 0 Å². The number of rotatable bonds is 5. The molecule has 0 aliphatic rings. The second kappa shape index (κ2) is 5.35. The van der Waals surface area contributed by atoms with Crippen molar-refractivity contribution in [3.05, 3.63) is 24.3 Å². The van der Waals surface area contributed by atoms with E-state index in [0.29, 0.717) is 24.8 Å². The first-order valence-corrected chi connectivity index (χ1v) is 5.29. The Kier molecular flexibility index (Phi) is 3.61. The molecule has 0 saturated carbocycles. The smallest absolute Gasteiger partial charge is 0.255 e. The lowest BCUT2D eigenvalue weighted by molar-refractivity contribution is 0.194. The summed E-state index contributed by atoms with van der Waals surface area (Å²) in [6.45, 7) is 0.669. The lowest BCUT2D eigenvalue weighted by atomic mass is 10.3. The Morgan fingerprint density at radius 2 is 2.24 bits per heavy atom. The second-order valence-electron chi connectivity index (χ2n) is 3.46. The Bertz CT molecular complexity index is 470. The Hall–Kier alpha value is -2.02. The van der Waals surface area contributed by atoms with Gasteiger partial charge in [0.2, 0.25) is 5.95 Å². The third-order valence-electron chi connectivity index (χ3n) is 2.15. The number of aryl methyl sites for hydroxylation is 1. The van der Waals surface area contributed by atoms with E-state index in [0.717, 1.165) is 6.42 Å². The van der Waals surface area contributed by atoms with Gasteiger partial charge in [-0.2, -0.15) is 20.1 Å². The molecule has 0 unspecified atom stereocenters. The van der Waals surface area contributed by atoms with Gasteiger partial charge in [-0.15, -0.1) is 0 Å². The minimum atomic E-state index is 0.206. The maximum absolute atomic E-state index is 5.64. The van der Waals surface area contributed by atoms with Crippen LogP contribution < -0.4 is 5.73 Å². The molecule has 2 rings (SSSR count). The maximum atomic E-state index is 5.64. The van der Waals surface area contributed by atoms with Crippen LogP contribution in [0.15, 0.2) is 18.5 Å². The summed E-state index contributed by atoms with van der Waals surface area (Å²) >= 11 is 0. The zero-order valence-electron chi connectivity index (χ0n) is 9.58. The van der Waals surface area contributed by atoms with E-state index in [9.17, 15) is 0 Å². The fourth-order valence-electron chi connectivity index (χ4n) is 1.40. The van der Waals surface area contributed by atoms with Crippen LogP contribution in [0.25, 0.3) is 5.95 Å². The highest BCUT2D eigenvalue weighted by molar-refractivity contribution is 5.22. The first-order chi connectivity index (χ1) is 8.29. The molecule has 90 valence electrons. The van der Waals surface area contributed by atoms with Crippen molar-refractivity contribution in [1.29, 1.82) is 0 Å². The van der Waals surface area contributed by atoms with E-state index in [1.807, 2.05) is 0 Å². The Balaban J connectivity index is 2.18. The number of methoxy groups -OCH3 is 1. The quantitative estimate of drug-likeness (QED) is 0.744. The van der Waals surface area contributed by atoms with E-state index in [1.165, 1.54) is 0 Å². The molecule has 0 aliphatic heterocycles. The summed E-state index contributed by atoms with van der Waals surface area (Å²) in [6.07, 6.45) is 4.96. The van der Waals surface area contributed by atoms with Crippen molar-refractivity contribution in [2.75, 3.05) is 19.5 Å². The van der Waals surface area contributed by atoms with Gasteiger partial charge in [0.15, 0.2) is 0 Å². The van der Waals surface area contributed by atoms with E-state index in [2.05, 4.69) is 20.1 Å². The molecule has 0 amide bonds. The van der Waals surface area contributed by atoms with Crippen LogP contribution in [-0.4, -0.2) is 38.4 Å². The van der Waals surface area contributed by atoms with Crippen molar-refractivity contribution in [3.8, 4) is 5.95 Å². The average molecular weight is 234 g/mol. The van der Waals surface area contributed by atoms with Crippen LogP contribution in [0.5, 0.6) is 0 Å². The molecule has 7 nitrogen and oxygen atoms in total. The predicted octanol–water partition coefficient (Wildman–Crippen LogP) is 0.218. The zero-order valence-corrected chi connectivity index (χ0v) is 9.58. The topological polar surface area (TPSA) is 91.7 Å². The van der Waals surface area contributed by atoms with E-state index in [-0.39, 0.29) is 5.95 Å². The molecule has 2 heterocycles. The van der Waals surface area contributed by atoms with Crippen molar-refractivity contribution in [3.63, 3.8) is 0 Å². The molecule has 0 fully saturated rings. The fraction of sp³-hybridized carbons (Fsp3) is 0.400. The molecule has 2 N–H and O–H groups in total. The summed E-state index contributed by atoms with van der Waals surface area (Å²) in [5.41, 5.74) is 5.64. The largest absolute Gasteiger partial charge is 0.385 e. The average Bonchev–Trinajstić information content (AvgIpc) is 2.82. The molecule has 0 radical (unpaired) electrons. The van der Waals surface area contributed by atoms with Crippen LogP contribution >= 0.6 is 0 Å². The SMILES string of the molecule is COCCCc1nc(N)nc(-n2cccn2)n1. The van der Waals surface area contributed by atoms with Gasteiger partial charge in [-0.05, 0) is 12.5 Å². The molecule has 0 aromatic carbocycles. The molecule has 0 atom stereocenters. The van der Waals surface area contributed by atoms with Gasteiger partial charge in [-0.1, -0.05) is 0 Å². The molecule has 7 heteroatoms. The molecule has 0 aliphatic carbocycles. The lowest BCUT2D eigenvalue weighted by Crippen LogP contribution is -2.10. The van der Waals surface area contributed by atoms with Crippen molar-refractivity contribution < 1.29 is 4.74 Å². The summed E-state index contributed by atoms with van der Waals surface area (Å²) in [7, 11) is 1.66. The van der Waals surface area contributed by atoms with Gasteiger partial charge in [-0.25, -0.2) is 4.68 Å². The fourth-order valence-corrected chi connectivity index (χ4v) is 1.40. The molecule has 17 heavy (non-hydrogen) atoms. The number of ether oxygens (including phenoxy) is 1. The van der Waals surface area contributed by atoms with Crippen LogP contribution in [0.4, 0.5) is 5.95 Å². The lowest BCUT2D eigenvalue weighted by Gasteiger charge is -2.04. The zero-order chi connectivity index (χ0) is 12.1. The van der Waals surface area contributed by atoms with E-state index in [1.54, 1.807) is 30.3 Å². The van der Waals surface area contributed by atoms with Gasteiger partial charge < -0.3 is 10.5 Å². The number of aromatic nitrogens is 5. The number of nitrogens with zero attached hydrogens (tertiary/aromatic N) is 5. The van der Waals surface area contributed by atoms with Crippen LogP contribution in [0, 0.1) is 0 Å². The normalized spacial score (nSPS) is 10.6. The standard InChI is InChI=1S/C10H14N6O/c1-17-7-2-4-8-13-9(11)15-10(14-8)16-6-3-5-12-16/h3,5-6H,2,4,7H2,1H3,(H2,11,13,14,15). The molecule has 0 spiro atoms. The van der Waals surface area contributed by atoms with Crippen molar-refractivity contribution in [1.82, 2.24) is 24.7 Å². The first-order valence-electron chi connectivity index (χ1n) is 5.29. The highest BCUT2D eigenvalue weighted by Crippen LogP contribution is 2.04. The highest BCUT2D eigenvalue weighted by atomic mass is 16.5. The number of hydrogen-bond donors (Lipinski definition) is 1. The molecule has 0 saturated heterocycles. The molecular weight excluding hydrogens is 220 g/mol. The molecule has 2 aromatic heterocycles. The third-order valence-corrected chi connectivity index (χ3v) is 2.15. The Labute approximate surface area is 98.7 Å². The second-order valence-corrected chi connectivity index (χ2v) is 3.46. The van der Waals surface area contributed by atoms with E-state index >= 15 is 0 Å². The van der Waals surface area contributed by atoms with E-state index in [4.69, 9.17) is 10.5 Å². The predicted molar refractivity (Wildman–Crippen MR) is 61.6 cm³/mol. The number of hydrogen-bond acceptors (Lipinski definition) is 6. The molecule has 2 aromatic rings. The van der Waals surface area contributed by atoms with Crippen molar-refractivity contribution in [2.45, 2.75) is 12.8 Å². The van der Waals surface area contributed by atoms with Gasteiger partial charge in [0.1, 0.15) is 5.82 Å². The van der Waals surface area contributed by atoms with Gasteiger partial charge in [0.05, 0.1) is 0 Å². The summed E-state index contributed by atoms with van der Waals surface area (Å²) in [5, 5.41) is 4.05. The summed E-state index contributed by atoms with van der Waals surface area (Å²) in [5.74, 6) is 1.30. The van der Waals surface area contributed by atoms with Gasteiger partial charge >= 0.3 is 0 Å². The number of nitrogen functional groups attached to an aromatic ring is 1. The summed E-state index contributed by atoms with van der Waals surface area (Å²) in [4.78, 5) is 12.4. The first kappa shape index (κ1) is 11.5. The number of anilines is 1. The molecular formula is C10H14N6O. The van der Waals surface area contributed by atoms with Gasteiger partial charge in [0.25, 0.3) is 5.95 Å². The number of nitrogens with two attached hydrogens (primary N) is 1. The monoisotopic (exact) mass is 234 g/mol. The van der Waals surface area contributed by atoms with Crippen LogP contribution in [0.2, 0.25) is 0 Å². The van der Waals surface area contributed by atoms with Gasteiger partial charge in [0, 0.05) is 32.5 Å². The summed E-state index contributed by atoms with van der Waals surface area (Å²) < 4.78 is 6.53. The van der Waals surface area contributed by atoms with Crippen molar-refractivity contribution >= 4 is 5.95 Å². The minimum Gasteiger partial charge on any atom is -0.385 e. The minimum absolute atomic E-state index is 0.206. The van der Waals surface area contributed by atoms with Crippen LogP contribution in [0.3, 0.4) is 0 Å². The van der Waals surface area contributed by atoms with Crippen molar-refractivity contribution in [2.24, 2.45) is 0 Å². The van der Waals surface area contributed by atoms with Gasteiger partial charge in [-0.3, -0.25) is 0 Å².